The van der Waals surface area contributed by atoms with E-state index in [1.54, 1.807) is 24.5 Å². The van der Waals surface area contributed by atoms with Gasteiger partial charge in [-0.3, -0.25) is 4.79 Å². The second kappa shape index (κ2) is 11.1. The molecule has 174 valence electrons. The predicted octanol–water partition coefficient (Wildman–Crippen LogP) is 3.63. The Bertz CT molecular complexity index is 1090. The molecule has 2 atom stereocenters. The highest BCUT2D eigenvalue weighted by Gasteiger charge is 2.30. The number of fused-ring (bicyclic) bond motifs is 1. The monoisotopic (exact) mass is 455 g/mol. The summed E-state index contributed by atoms with van der Waals surface area (Å²) in [6, 6.07) is 13.6. The maximum absolute atomic E-state index is 13.1. The number of hydrogen-bond acceptors (Lipinski definition) is 6. The number of benzene rings is 2. The molecule has 1 aromatic heterocycles. The molecule has 0 fully saturated rings. The van der Waals surface area contributed by atoms with E-state index in [2.05, 4.69) is 5.32 Å². The number of rotatable bonds is 10. The van der Waals surface area contributed by atoms with Crippen LogP contribution in [0.2, 0.25) is 0 Å². The minimum atomic E-state index is -0.655. The zero-order valence-corrected chi connectivity index (χ0v) is 18.0. The number of para-hydroxylation sites is 1. The molecule has 0 saturated carbocycles. The highest BCUT2D eigenvalue weighted by atomic mass is 19.1. The van der Waals surface area contributed by atoms with E-state index in [0.717, 1.165) is 22.1 Å². The van der Waals surface area contributed by atoms with Crippen LogP contribution in [0.3, 0.4) is 0 Å². The lowest BCUT2D eigenvalue weighted by Gasteiger charge is -2.29. The lowest BCUT2D eigenvalue weighted by Crippen LogP contribution is -2.33. The van der Waals surface area contributed by atoms with E-state index in [0.29, 0.717) is 13.0 Å². The third kappa shape index (κ3) is 5.98. The van der Waals surface area contributed by atoms with Crippen LogP contribution in [0.1, 0.15) is 23.5 Å². The number of furan rings is 1. The van der Waals surface area contributed by atoms with Gasteiger partial charge in [-0.05, 0) is 29.8 Å². The average molecular weight is 455 g/mol. The van der Waals surface area contributed by atoms with Crippen LogP contribution in [-0.4, -0.2) is 43.7 Å². The minimum Gasteiger partial charge on any atom is -0.464 e. The molecule has 7 nitrogen and oxygen atoms in total. The third-order valence-corrected chi connectivity index (χ3v) is 5.32. The lowest BCUT2D eigenvalue weighted by molar-refractivity contribution is -0.151. The fourth-order valence-electron chi connectivity index (χ4n) is 3.70. The van der Waals surface area contributed by atoms with Crippen molar-refractivity contribution < 1.29 is 32.9 Å². The molecule has 0 spiro atoms. The Balaban J connectivity index is 1.48. The normalized spacial score (nSPS) is 18.1. The van der Waals surface area contributed by atoms with E-state index in [-0.39, 0.29) is 49.8 Å². The van der Waals surface area contributed by atoms with Crippen LogP contribution in [0.4, 0.5) is 4.39 Å². The van der Waals surface area contributed by atoms with Crippen LogP contribution >= 0.6 is 0 Å². The number of aliphatic hydroxyl groups is 1. The molecule has 0 aliphatic carbocycles. The Morgan fingerprint density at radius 1 is 1.12 bits per heavy atom. The molecule has 2 aromatic carbocycles. The van der Waals surface area contributed by atoms with Crippen LogP contribution < -0.4 is 5.32 Å². The Kier molecular flexibility index (Phi) is 7.72. The van der Waals surface area contributed by atoms with Crippen molar-refractivity contribution in [1.29, 1.82) is 0 Å². The minimum absolute atomic E-state index is 0.0589. The molecule has 33 heavy (non-hydrogen) atoms. The number of carbonyl (C=O) groups is 1. The molecule has 0 bridgehead atoms. The summed E-state index contributed by atoms with van der Waals surface area (Å²) in [5.74, 6) is -0.722. The summed E-state index contributed by atoms with van der Waals surface area (Å²) in [4.78, 5) is 12.9. The summed E-state index contributed by atoms with van der Waals surface area (Å²) in [7, 11) is 0. The maximum Gasteiger partial charge on any atom is 0.286 e. The summed E-state index contributed by atoms with van der Waals surface area (Å²) < 4.78 is 35.7. The number of carbonyl (C=O) groups excluding carboxylic acids is 1. The Hall–Kier alpha value is -3.20. The van der Waals surface area contributed by atoms with Crippen LogP contribution in [-0.2, 0) is 25.5 Å². The first-order valence-electron chi connectivity index (χ1n) is 10.8. The van der Waals surface area contributed by atoms with Crippen molar-refractivity contribution in [2.45, 2.75) is 25.2 Å². The zero-order chi connectivity index (χ0) is 23.0. The van der Waals surface area contributed by atoms with Gasteiger partial charge < -0.3 is 29.1 Å². The molecule has 4 rings (SSSR count). The molecule has 0 radical (unpaired) electrons. The first kappa shape index (κ1) is 23.0. The van der Waals surface area contributed by atoms with Gasteiger partial charge in [-0.25, -0.2) is 4.39 Å². The number of ether oxygens (including phenoxy) is 3. The van der Waals surface area contributed by atoms with Crippen LogP contribution in [0.25, 0.3) is 11.0 Å². The number of halogens is 1. The summed E-state index contributed by atoms with van der Waals surface area (Å²) in [6.07, 6.45) is 3.32. The van der Waals surface area contributed by atoms with Gasteiger partial charge in [-0.2, -0.15) is 0 Å². The van der Waals surface area contributed by atoms with E-state index in [1.165, 1.54) is 12.1 Å². The number of amides is 1. The van der Waals surface area contributed by atoms with E-state index in [4.69, 9.17) is 23.7 Å². The predicted molar refractivity (Wildman–Crippen MR) is 119 cm³/mol. The number of allylic oxidation sites excluding steroid dienone is 1. The van der Waals surface area contributed by atoms with Crippen molar-refractivity contribution in [3.8, 4) is 0 Å². The molecular formula is C25H26FNO6. The summed E-state index contributed by atoms with van der Waals surface area (Å²) in [5, 5.41) is 12.6. The molecule has 1 aliphatic rings. The zero-order valence-electron chi connectivity index (χ0n) is 18.0. The fraction of sp³-hybridized carbons (Fsp3) is 0.320. The van der Waals surface area contributed by atoms with Gasteiger partial charge in [0.15, 0.2) is 5.76 Å². The second-order valence-electron chi connectivity index (χ2n) is 7.62. The fourth-order valence-corrected chi connectivity index (χ4v) is 3.70. The van der Waals surface area contributed by atoms with Gasteiger partial charge >= 0.3 is 0 Å². The van der Waals surface area contributed by atoms with Crippen molar-refractivity contribution in [1.82, 2.24) is 5.32 Å². The molecule has 2 heterocycles. The Morgan fingerprint density at radius 3 is 2.76 bits per heavy atom. The van der Waals surface area contributed by atoms with Crippen LogP contribution in [0.15, 0.2) is 71.0 Å². The molecule has 1 amide bonds. The van der Waals surface area contributed by atoms with Gasteiger partial charge in [-0.15, -0.1) is 0 Å². The van der Waals surface area contributed by atoms with Gasteiger partial charge in [0.05, 0.1) is 32.7 Å². The number of aliphatic hydroxyl groups excluding tert-OH is 1. The summed E-state index contributed by atoms with van der Waals surface area (Å²) in [6.45, 7) is 0.968. The quantitative estimate of drug-likeness (QED) is 0.454. The third-order valence-electron chi connectivity index (χ3n) is 5.32. The van der Waals surface area contributed by atoms with Gasteiger partial charge in [0, 0.05) is 29.8 Å². The standard InChI is InChI=1S/C25H26FNO6/c26-19-7-5-17(6-8-19)15-27-25(29)23-13-18(14-24(33-23)31-12-11-30-10-9-28)21-16-32-22-4-2-1-3-20(21)22/h1-8,13,16,18,24,28H,9-12,14-15H2,(H,27,29). The summed E-state index contributed by atoms with van der Waals surface area (Å²) in [5.41, 5.74) is 2.49. The highest BCUT2D eigenvalue weighted by Crippen LogP contribution is 2.36. The van der Waals surface area contributed by atoms with Crippen LogP contribution in [0, 0.1) is 5.82 Å². The van der Waals surface area contributed by atoms with E-state index in [9.17, 15) is 9.18 Å². The Morgan fingerprint density at radius 2 is 1.94 bits per heavy atom. The average Bonchev–Trinajstić information content (AvgIpc) is 3.27. The van der Waals surface area contributed by atoms with E-state index in [1.807, 2.05) is 24.3 Å². The number of nitrogens with one attached hydrogen (secondary N) is 1. The first-order chi connectivity index (χ1) is 16.1. The van der Waals surface area contributed by atoms with Gasteiger partial charge in [0.1, 0.15) is 11.4 Å². The van der Waals surface area contributed by atoms with Crippen molar-refractivity contribution >= 4 is 16.9 Å². The SMILES string of the molecule is O=C(NCc1ccc(F)cc1)C1=CC(c2coc3ccccc23)CC(OCCOCCO)O1. The van der Waals surface area contributed by atoms with E-state index >= 15 is 0 Å². The molecule has 2 unspecified atom stereocenters. The lowest BCUT2D eigenvalue weighted by atomic mass is 9.92. The molecule has 3 aromatic rings. The first-order valence-corrected chi connectivity index (χ1v) is 10.8. The molecule has 8 heteroatoms. The molecule has 0 saturated heterocycles. The van der Waals surface area contributed by atoms with Crippen molar-refractivity contribution in [2.24, 2.45) is 0 Å². The second-order valence-corrected chi connectivity index (χ2v) is 7.62. The van der Waals surface area contributed by atoms with Gasteiger partial charge in [-0.1, -0.05) is 30.3 Å². The van der Waals surface area contributed by atoms with Crippen molar-refractivity contribution in [3.63, 3.8) is 0 Å². The van der Waals surface area contributed by atoms with Crippen molar-refractivity contribution in [3.05, 3.63) is 83.6 Å². The van der Waals surface area contributed by atoms with Crippen molar-refractivity contribution in [2.75, 3.05) is 26.4 Å². The molecule has 2 N–H and O–H groups in total. The largest absolute Gasteiger partial charge is 0.464 e. The molecule has 1 aliphatic heterocycles. The summed E-state index contributed by atoms with van der Waals surface area (Å²) >= 11 is 0. The number of hydrogen-bond donors (Lipinski definition) is 2. The van der Waals surface area contributed by atoms with Crippen LogP contribution in [0.5, 0.6) is 0 Å². The highest BCUT2D eigenvalue weighted by molar-refractivity contribution is 5.92. The van der Waals surface area contributed by atoms with E-state index < -0.39 is 6.29 Å². The molecular weight excluding hydrogens is 429 g/mol. The smallest absolute Gasteiger partial charge is 0.286 e. The topological polar surface area (TPSA) is 90.2 Å². The van der Waals surface area contributed by atoms with Gasteiger partial charge in [0.25, 0.3) is 5.91 Å². The Labute approximate surface area is 190 Å². The maximum atomic E-state index is 13.1. The van der Waals surface area contributed by atoms with Gasteiger partial charge in [0.2, 0.25) is 6.29 Å².